The minimum atomic E-state index is -3.37. The summed E-state index contributed by atoms with van der Waals surface area (Å²) < 4.78 is 32.3. The summed E-state index contributed by atoms with van der Waals surface area (Å²) in [6, 6.07) is 7.10. The number of hydrogen-bond donors (Lipinski definition) is 1. The molecular weight excluding hydrogens is 288 g/mol. The van der Waals surface area contributed by atoms with Crippen molar-refractivity contribution in [3.8, 4) is 0 Å². The van der Waals surface area contributed by atoms with Gasteiger partial charge in [0.1, 0.15) is 0 Å². The van der Waals surface area contributed by atoms with Crippen LogP contribution in [0.25, 0.3) is 0 Å². The number of benzene rings is 1. The smallest absolute Gasteiger partial charge is 0.243 e. The highest BCUT2D eigenvalue weighted by Gasteiger charge is 2.29. The van der Waals surface area contributed by atoms with E-state index in [9.17, 15) is 8.42 Å². The van der Waals surface area contributed by atoms with Crippen LogP contribution in [0.2, 0.25) is 0 Å². The number of piperidine rings is 1. The zero-order valence-electron chi connectivity index (χ0n) is 12.7. The Hall–Kier alpha value is -0.950. The summed E-state index contributed by atoms with van der Waals surface area (Å²) in [5.41, 5.74) is 1.08. The number of rotatable bonds is 6. The van der Waals surface area contributed by atoms with Crippen LogP contribution < -0.4 is 5.32 Å². The summed E-state index contributed by atoms with van der Waals surface area (Å²) in [5, 5.41) is 3.05. The monoisotopic (exact) mass is 312 g/mol. The summed E-state index contributed by atoms with van der Waals surface area (Å²) in [7, 11) is -1.51. The van der Waals surface area contributed by atoms with E-state index in [-0.39, 0.29) is 6.10 Å². The van der Waals surface area contributed by atoms with E-state index in [2.05, 4.69) is 5.32 Å². The molecule has 0 radical (unpaired) electrons. The third kappa shape index (κ3) is 4.03. The largest absolute Gasteiger partial charge is 0.378 e. The lowest BCUT2D eigenvalue weighted by Crippen LogP contribution is -2.40. The third-order valence-electron chi connectivity index (χ3n) is 3.75. The molecule has 0 aliphatic carbocycles. The number of ether oxygens (including phenoxy) is 1. The highest BCUT2D eigenvalue weighted by molar-refractivity contribution is 7.89. The Labute approximate surface area is 127 Å². The van der Waals surface area contributed by atoms with Gasteiger partial charge >= 0.3 is 0 Å². The standard InChI is InChI=1S/C15H24N2O3S/c1-3-20-14-8-10-17(11-9-14)21(18,19)15-6-4-13(5-7-15)12-16-2/h4-7,14,16H,3,8-12H2,1-2H3. The van der Waals surface area contributed by atoms with Gasteiger partial charge in [-0.05, 0) is 44.5 Å². The molecule has 1 aromatic rings. The Balaban J connectivity index is 2.04. The van der Waals surface area contributed by atoms with Gasteiger partial charge in [0.05, 0.1) is 11.0 Å². The summed E-state index contributed by atoms with van der Waals surface area (Å²) in [5.74, 6) is 0. The van der Waals surface area contributed by atoms with Crippen LogP contribution >= 0.6 is 0 Å². The van der Waals surface area contributed by atoms with Crippen molar-refractivity contribution in [3.63, 3.8) is 0 Å². The SMILES string of the molecule is CCOC1CCN(S(=O)(=O)c2ccc(CNC)cc2)CC1. The van der Waals surface area contributed by atoms with E-state index in [1.54, 1.807) is 16.4 Å². The first-order valence-corrected chi connectivity index (χ1v) is 8.87. The van der Waals surface area contributed by atoms with E-state index in [0.29, 0.717) is 24.6 Å². The number of hydrogen-bond acceptors (Lipinski definition) is 4. The zero-order valence-corrected chi connectivity index (χ0v) is 13.5. The van der Waals surface area contributed by atoms with Crippen LogP contribution in [-0.4, -0.2) is 45.6 Å². The van der Waals surface area contributed by atoms with Crippen LogP contribution in [0, 0.1) is 0 Å². The molecule has 1 aromatic carbocycles. The average molecular weight is 312 g/mol. The molecule has 1 saturated heterocycles. The highest BCUT2D eigenvalue weighted by atomic mass is 32.2. The van der Waals surface area contributed by atoms with Crippen molar-refractivity contribution >= 4 is 10.0 Å². The summed E-state index contributed by atoms with van der Waals surface area (Å²) in [6.45, 7) is 4.46. The minimum absolute atomic E-state index is 0.194. The van der Waals surface area contributed by atoms with Gasteiger partial charge in [0.25, 0.3) is 0 Å². The van der Waals surface area contributed by atoms with Gasteiger partial charge in [-0.1, -0.05) is 12.1 Å². The van der Waals surface area contributed by atoms with Crippen molar-refractivity contribution in [1.82, 2.24) is 9.62 Å². The zero-order chi connectivity index (χ0) is 15.3. The number of sulfonamides is 1. The van der Waals surface area contributed by atoms with Gasteiger partial charge < -0.3 is 10.1 Å². The molecule has 0 bridgehead atoms. The van der Waals surface area contributed by atoms with Crippen molar-refractivity contribution < 1.29 is 13.2 Å². The average Bonchev–Trinajstić information content (AvgIpc) is 2.49. The fourth-order valence-corrected chi connectivity index (χ4v) is 4.08. The first-order valence-electron chi connectivity index (χ1n) is 7.43. The van der Waals surface area contributed by atoms with Gasteiger partial charge in [0.2, 0.25) is 10.0 Å². The van der Waals surface area contributed by atoms with Crippen molar-refractivity contribution in [2.45, 2.75) is 37.3 Å². The Bertz CT molecular complexity index is 535. The highest BCUT2D eigenvalue weighted by Crippen LogP contribution is 2.22. The van der Waals surface area contributed by atoms with Crippen LogP contribution in [0.5, 0.6) is 0 Å². The molecule has 1 aliphatic heterocycles. The normalized spacial score (nSPS) is 18.0. The molecule has 0 unspecified atom stereocenters. The van der Waals surface area contributed by atoms with E-state index in [0.717, 1.165) is 24.9 Å². The summed E-state index contributed by atoms with van der Waals surface area (Å²) in [6.07, 6.45) is 1.73. The Kier molecular flexibility index (Phi) is 5.75. The predicted octanol–water partition coefficient (Wildman–Crippen LogP) is 1.60. The number of nitrogens with zero attached hydrogens (tertiary/aromatic N) is 1. The maximum atomic E-state index is 12.6. The minimum Gasteiger partial charge on any atom is -0.378 e. The Morgan fingerprint density at radius 1 is 1.24 bits per heavy atom. The molecule has 0 atom stereocenters. The maximum Gasteiger partial charge on any atom is 0.243 e. The van der Waals surface area contributed by atoms with E-state index >= 15 is 0 Å². The van der Waals surface area contributed by atoms with Crippen LogP contribution in [0.3, 0.4) is 0 Å². The van der Waals surface area contributed by atoms with Gasteiger partial charge in [-0.2, -0.15) is 4.31 Å². The van der Waals surface area contributed by atoms with E-state index < -0.39 is 10.0 Å². The molecular formula is C15H24N2O3S. The molecule has 0 saturated carbocycles. The fourth-order valence-electron chi connectivity index (χ4n) is 2.61. The third-order valence-corrected chi connectivity index (χ3v) is 5.66. The van der Waals surface area contributed by atoms with Crippen LogP contribution in [0.4, 0.5) is 0 Å². The van der Waals surface area contributed by atoms with Crippen LogP contribution in [-0.2, 0) is 21.3 Å². The Morgan fingerprint density at radius 2 is 1.86 bits per heavy atom. The number of nitrogens with one attached hydrogen (secondary N) is 1. The molecule has 0 aromatic heterocycles. The fraction of sp³-hybridized carbons (Fsp3) is 0.600. The van der Waals surface area contributed by atoms with E-state index in [1.165, 1.54) is 0 Å². The van der Waals surface area contributed by atoms with Crippen LogP contribution in [0.15, 0.2) is 29.2 Å². The van der Waals surface area contributed by atoms with Gasteiger partial charge in [-0.3, -0.25) is 0 Å². The molecule has 1 heterocycles. The molecule has 1 N–H and O–H groups in total. The lowest BCUT2D eigenvalue weighted by molar-refractivity contribution is 0.0290. The second kappa shape index (κ2) is 7.35. The van der Waals surface area contributed by atoms with Gasteiger partial charge in [0.15, 0.2) is 0 Å². The van der Waals surface area contributed by atoms with Crippen LogP contribution in [0.1, 0.15) is 25.3 Å². The molecule has 0 spiro atoms. The lowest BCUT2D eigenvalue weighted by Gasteiger charge is -2.31. The van der Waals surface area contributed by atoms with Gasteiger partial charge in [0, 0.05) is 26.2 Å². The quantitative estimate of drug-likeness (QED) is 0.867. The Morgan fingerprint density at radius 3 is 2.38 bits per heavy atom. The van der Waals surface area contributed by atoms with Gasteiger partial charge in [-0.15, -0.1) is 0 Å². The maximum absolute atomic E-state index is 12.6. The van der Waals surface area contributed by atoms with E-state index in [4.69, 9.17) is 4.74 Å². The summed E-state index contributed by atoms with van der Waals surface area (Å²) in [4.78, 5) is 0.372. The second-order valence-electron chi connectivity index (χ2n) is 5.23. The molecule has 0 amide bonds. The first kappa shape index (κ1) is 16.4. The van der Waals surface area contributed by atoms with Crippen molar-refractivity contribution in [3.05, 3.63) is 29.8 Å². The molecule has 1 fully saturated rings. The molecule has 5 nitrogen and oxygen atoms in total. The van der Waals surface area contributed by atoms with Gasteiger partial charge in [-0.25, -0.2) is 8.42 Å². The van der Waals surface area contributed by atoms with Crippen molar-refractivity contribution in [2.75, 3.05) is 26.7 Å². The molecule has 118 valence electrons. The topological polar surface area (TPSA) is 58.6 Å². The van der Waals surface area contributed by atoms with E-state index in [1.807, 2.05) is 26.1 Å². The predicted molar refractivity (Wildman–Crippen MR) is 82.6 cm³/mol. The molecule has 1 aliphatic rings. The molecule has 2 rings (SSSR count). The van der Waals surface area contributed by atoms with Crippen molar-refractivity contribution in [2.24, 2.45) is 0 Å². The molecule has 21 heavy (non-hydrogen) atoms. The molecule has 6 heteroatoms. The first-order chi connectivity index (χ1) is 10.1. The lowest BCUT2D eigenvalue weighted by atomic mass is 10.1. The summed E-state index contributed by atoms with van der Waals surface area (Å²) >= 11 is 0. The second-order valence-corrected chi connectivity index (χ2v) is 7.17. The van der Waals surface area contributed by atoms with Crippen molar-refractivity contribution in [1.29, 1.82) is 0 Å².